The minimum Gasteiger partial charge on any atom is -0.497 e. The molecule has 1 aliphatic heterocycles. The second-order valence-corrected chi connectivity index (χ2v) is 9.14. The number of nitrogens with one attached hydrogen (secondary N) is 2. The van der Waals surface area contributed by atoms with Crippen LogP contribution in [0.15, 0.2) is 42.6 Å². The highest BCUT2D eigenvalue weighted by molar-refractivity contribution is 5.95. The molecular weight excluding hydrogens is 440 g/mol. The van der Waals surface area contributed by atoms with E-state index in [9.17, 15) is 9.59 Å². The lowest BCUT2D eigenvalue weighted by Gasteiger charge is -2.27. The van der Waals surface area contributed by atoms with E-state index < -0.39 is 0 Å². The lowest BCUT2D eigenvalue weighted by atomic mass is 10.00. The Balaban J connectivity index is 1.59. The minimum absolute atomic E-state index is 0.00178. The first-order valence-electron chi connectivity index (χ1n) is 12.3. The van der Waals surface area contributed by atoms with E-state index in [4.69, 9.17) is 9.72 Å². The van der Waals surface area contributed by atoms with Gasteiger partial charge in [-0.05, 0) is 56.0 Å². The molecule has 0 spiro atoms. The Morgan fingerprint density at radius 3 is 2.83 bits per heavy atom. The number of aromatic amines is 1. The Morgan fingerprint density at radius 1 is 1.20 bits per heavy atom. The van der Waals surface area contributed by atoms with Crippen molar-refractivity contribution >= 4 is 17.9 Å². The van der Waals surface area contributed by atoms with E-state index in [1.165, 1.54) is 5.56 Å². The summed E-state index contributed by atoms with van der Waals surface area (Å²) in [5.74, 6) is 1.60. The predicted octanol–water partition coefficient (Wildman–Crippen LogP) is 5.19. The molecule has 35 heavy (non-hydrogen) atoms. The number of imidazole rings is 1. The summed E-state index contributed by atoms with van der Waals surface area (Å²) in [5.41, 5.74) is 5.53. The first-order valence-corrected chi connectivity index (χ1v) is 12.3. The zero-order chi connectivity index (χ0) is 24.8. The van der Waals surface area contributed by atoms with Crippen LogP contribution in [0.2, 0.25) is 0 Å². The van der Waals surface area contributed by atoms with Crippen LogP contribution in [0.25, 0.3) is 11.3 Å². The number of carbonyl (C=O) groups excluding carboxylic acids is 2. The molecule has 0 fully saturated rings. The molecule has 4 rings (SSSR count). The van der Waals surface area contributed by atoms with Crippen LogP contribution in [-0.4, -0.2) is 47.8 Å². The van der Waals surface area contributed by atoms with Gasteiger partial charge in [0.2, 0.25) is 5.91 Å². The molecule has 1 aromatic heterocycles. The van der Waals surface area contributed by atoms with Crippen LogP contribution >= 0.6 is 0 Å². The number of H-pyrrole nitrogens is 1. The summed E-state index contributed by atoms with van der Waals surface area (Å²) in [6.45, 7) is 2.92. The van der Waals surface area contributed by atoms with Gasteiger partial charge in [0.15, 0.2) is 0 Å². The summed E-state index contributed by atoms with van der Waals surface area (Å²) in [5, 5.41) is 3.04. The standard InChI is InChI=1S/C28H34N4O3/c1-4-19-9-10-21(18-33)20(15-19)13-14-32(2)26-7-5-6-8-27(34)30-24-16-22(35-3)11-12-23(24)25-17-29-28(26)31-25/h9-12,15-18,26H,4-8,13-14H2,1-3H3,(H,29,31)(H,30,34). The maximum atomic E-state index is 12.6. The average molecular weight is 475 g/mol. The summed E-state index contributed by atoms with van der Waals surface area (Å²) in [6, 6.07) is 11.9. The van der Waals surface area contributed by atoms with Crippen molar-refractivity contribution in [1.29, 1.82) is 0 Å². The normalized spacial score (nSPS) is 16.1. The fraction of sp³-hybridized carbons (Fsp3) is 0.393. The number of benzene rings is 2. The number of aldehydes is 1. The first kappa shape index (κ1) is 24.7. The Labute approximate surface area is 206 Å². The van der Waals surface area contributed by atoms with E-state index in [1.54, 1.807) is 7.11 Å². The molecule has 3 aromatic rings. The molecule has 0 saturated heterocycles. The van der Waals surface area contributed by atoms with Crippen LogP contribution < -0.4 is 10.1 Å². The molecule has 7 nitrogen and oxygen atoms in total. The van der Waals surface area contributed by atoms with Crippen LogP contribution in [0.3, 0.4) is 0 Å². The van der Waals surface area contributed by atoms with Gasteiger partial charge in [-0.2, -0.15) is 0 Å². The van der Waals surface area contributed by atoms with Crippen molar-refractivity contribution in [2.75, 3.05) is 26.0 Å². The summed E-state index contributed by atoms with van der Waals surface area (Å²) in [4.78, 5) is 34.7. The van der Waals surface area contributed by atoms with Crippen LogP contribution in [0.1, 0.15) is 66.0 Å². The van der Waals surface area contributed by atoms with Crippen LogP contribution in [0.4, 0.5) is 5.69 Å². The molecule has 184 valence electrons. The molecule has 0 radical (unpaired) electrons. The van der Waals surface area contributed by atoms with Gasteiger partial charge in [0.05, 0.1) is 30.7 Å². The second kappa shape index (κ2) is 11.3. The lowest BCUT2D eigenvalue weighted by molar-refractivity contribution is -0.116. The fourth-order valence-electron chi connectivity index (χ4n) is 4.70. The number of likely N-dealkylation sites (N-methyl/N-ethyl adjacent to an activating group) is 1. The number of aromatic nitrogens is 2. The summed E-state index contributed by atoms with van der Waals surface area (Å²) >= 11 is 0. The van der Waals surface area contributed by atoms with Gasteiger partial charge >= 0.3 is 0 Å². The summed E-state index contributed by atoms with van der Waals surface area (Å²) in [7, 11) is 3.72. The van der Waals surface area contributed by atoms with Gasteiger partial charge in [0.25, 0.3) is 0 Å². The molecular formula is C28H34N4O3. The van der Waals surface area contributed by atoms with E-state index >= 15 is 0 Å². The third kappa shape index (κ3) is 5.80. The predicted molar refractivity (Wildman–Crippen MR) is 138 cm³/mol. The highest BCUT2D eigenvalue weighted by Crippen LogP contribution is 2.33. The highest BCUT2D eigenvalue weighted by Gasteiger charge is 2.22. The molecule has 0 saturated carbocycles. The van der Waals surface area contributed by atoms with Crippen LogP contribution in [0, 0.1) is 0 Å². The van der Waals surface area contributed by atoms with Crippen molar-refractivity contribution in [2.45, 2.75) is 51.5 Å². The minimum atomic E-state index is 0.00178. The Kier molecular flexibility index (Phi) is 7.98. The molecule has 7 heteroatoms. The maximum absolute atomic E-state index is 12.6. The number of hydrogen-bond donors (Lipinski definition) is 2. The number of rotatable bonds is 7. The van der Waals surface area contributed by atoms with Crippen molar-refractivity contribution in [2.24, 2.45) is 0 Å². The molecule has 2 heterocycles. The molecule has 2 aromatic carbocycles. The van der Waals surface area contributed by atoms with Gasteiger partial charge in [-0.3, -0.25) is 14.5 Å². The van der Waals surface area contributed by atoms with Crippen molar-refractivity contribution < 1.29 is 14.3 Å². The molecule has 1 unspecified atom stereocenters. The van der Waals surface area contributed by atoms with E-state index in [0.29, 0.717) is 17.9 Å². The number of fused-ring (bicyclic) bond motifs is 4. The third-order valence-electron chi connectivity index (χ3n) is 6.84. The van der Waals surface area contributed by atoms with Crippen LogP contribution in [-0.2, 0) is 17.6 Å². The number of amides is 1. The largest absolute Gasteiger partial charge is 0.497 e. The molecule has 1 atom stereocenters. The van der Waals surface area contributed by atoms with E-state index in [0.717, 1.165) is 73.1 Å². The average Bonchev–Trinajstić information content (AvgIpc) is 3.36. The molecule has 2 bridgehead atoms. The molecule has 1 aliphatic rings. The summed E-state index contributed by atoms with van der Waals surface area (Å²) < 4.78 is 5.36. The fourth-order valence-corrected chi connectivity index (χ4v) is 4.70. The highest BCUT2D eigenvalue weighted by atomic mass is 16.5. The van der Waals surface area contributed by atoms with E-state index in [1.807, 2.05) is 36.5 Å². The summed E-state index contributed by atoms with van der Waals surface area (Å²) in [6.07, 6.45) is 7.58. The van der Waals surface area contributed by atoms with Crippen molar-refractivity contribution in [3.05, 3.63) is 65.1 Å². The number of ether oxygens (including phenoxy) is 1. The molecule has 2 N–H and O–H groups in total. The number of carbonyl (C=O) groups is 2. The van der Waals surface area contributed by atoms with Gasteiger partial charge in [-0.1, -0.05) is 31.5 Å². The number of anilines is 1. The Bertz CT molecular complexity index is 1190. The SMILES string of the molecule is CCc1ccc(C=O)c(CCN(C)C2CCCCC(=O)Nc3cc(OC)ccc3-c3cnc2[nH]3)c1. The van der Waals surface area contributed by atoms with Crippen molar-refractivity contribution in [1.82, 2.24) is 14.9 Å². The molecule has 1 amide bonds. The Hall–Kier alpha value is -3.45. The topological polar surface area (TPSA) is 87.3 Å². The zero-order valence-corrected chi connectivity index (χ0v) is 20.8. The second-order valence-electron chi connectivity index (χ2n) is 9.14. The monoisotopic (exact) mass is 474 g/mol. The Morgan fingerprint density at radius 2 is 2.06 bits per heavy atom. The van der Waals surface area contributed by atoms with Gasteiger partial charge in [0.1, 0.15) is 17.9 Å². The van der Waals surface area contributed by atoms with Crippen molar-refractivity contribution in [3.63, 3.8) is 0 Å². The number of hydrogen-bond acceptors (Lipinski definition) is 5. The van der Waals surface area contributed by atoms with Gasteiger partial charge < -0.3 is 15.0 Å². The first-order chi connectivity index (χ1) is 17.0. The van der Waals surface area contributed by atoms with Gasteiger partial charge in [-0.15, -0.1) is 0 Å². The maximum Gasteiger partial charge on any atom is 0.224 e. The smallest absolute Gasteiger partial charge is 0.224 e. The number of methoxy groups -OCH3 is 1. The number of nitrogens with zero attached hydrogens (tertiary/aromatic N) is 2. The van der Waals surface area contributed by atoms with E-state index in [2.05, 4.69) is 35.2 Å². The third-order valence-corrected chi connectivity index (χ3v) is 6.84. The van der Waals surface area contributed by atoms with Gasteiger partial charge in [-0.25, -0.2) is 4.98 Å². The van der Waals surface area contributed by atoms with E-state index in [-0.39, 0.29) is 11.9 Å². The lowest BCUT2D eigenvalue weighted by Crippen LogP contribution is -2.28. The number of aryl methyl sites for hydroxylation is 1. The van der Waals surface area contributed by atoms with Crippen LogP contribution in [0.5, 0.6) is 5.75 Å². The zero-order valence-electron chi connectivity index (χ0n) is 20.8. The van der Waals surface area contributed by atoms with Gasteiger partial charge in [0, 0.05) is 30.2 Å². The van der Waals surface area contributed by atoms with Crippen molar-refractivity contribution in [3.8, 4) is 17.0 Å². The molecule has 0 aliphatic carbocycles. The quantitative estimate of drug-likeness (QED) is 0.460.